The van der Waals surface area contributed by atoms with E-state index in [1.165, 1.54) is 0 Å². The quantitative estimate of drug-likeness (QED) is 0.643. The zero-order valence-corrected chi connectivity index (χ0v) is 11.3. The minimum Gasteiger partial charge on any atom is -0.503 e. The third-order valence-corrected chi connectivity index (χ3v) is 3.49. The summed E-state index contributed by atoms with van der Waals surface area (Å²) in [5.74, 6) is -2.21. The average Bonchev–Trinajstić information content (AvgIpc) is 2.62. The lowest BCUT2D eigenvalue weighted by Gasteiger charge is -2.30. The first kappa shape index (κ1) is 15.5. The molecule has 1 aliphatic heterocycles. The van der Waals surface area contributed by atoms with E-state index in [9.17, 15) is 24.9 Å². The lowest BCUT2D eigenvalue weighted by Crippen LogP contribution is -2.49. The molecule has 1 rings (SSSR count). The van der Waals surface area contributed by atoms with E-state index >= 15 is 0 Å². The Labute approximate surface area is 112 Å². The average molecular weight is 271 g/mol. The SMILES string of the molecule is CCCCC(C(=O)O)N1C(=O)C(O)=C(CC)C1CO. The van der Waals surface area contributed by atoms with Gasteiger partial charge >= 0.3 is 5.97 Å². The van der Waals surface area contributed by atoms with E-state index in [1.807, 2.05) is 6.92 Å². The molecule has 0 fully saturated rings. The maximum atomic E-state index is 12.0. The summed E-state index contributed by atoms with van der Waals surface area (Å²) in [5, 5.41) is 28.4. The zero-order chi connectivity index (χ0) is 14.6. The van der Waals surface area contributed by atoms with E-state index in [2.05, 4.69) is 0 Å². The topological polar surface area (TPSA) is 98.1 Å². The van der Waals surface area contributed by atoms with Gasteiger partial charge < -0.3 is 20.2 Å². The summed E-state index contributed by atoms with van der Waals surface area (Å²) < 4.78 is 0. The second-order valence-corrected chi connectivity index (χ2v) is 4.63. The van der Waals surface area contributed by atoms with Crippen LogP contribution in [0.4, 0.5) is 0 Å². The monoisotopic (exact) mass is 271 g/mol. The summed E-state index contributed by atoms with van der Waals surface area (Å²) in [4.78, 5) is 24.4. The first-order valence-corrected chi connectivity index (χ1v) is 6.57. The highest BCUT2D eigenvalue weighted by molar-refractivity contribution is 5.98. The molecule has 1 heterocycles. The molecule has 0 saturated heterocycles. The molecule has 0 aliphatic carbocycles. The second kappa shape index (κ2) is 6.56. The Bertz CT molecular complexity index is 390. The maximum Gasteiger partial charge on any atom is 0.326 e. The van der Waals surface area contributed by atoms with E-state index < -0.39 is 29.7 Å². The van der Waals surface area contributed by atoms with Crippen LogP contribution >= 0.6 is 0 Å². The first-order valence-electron chi connectivity index (χ1n) is 6.57. The van der Waals surface area contributed by atoms with Crippen molar-refractivity contribution in [1.29, 1.82) is 0 Å². The molecule has 0 aromatic rings. The van der Waals surface area contributed by atoms with Crippen LogP contribution in [0.3, 0.4) is 0 Å². The van der Waals surface area contributed by atoms with Crippen molar-refractivity contribution in [1.82, 2.24) is 4.90 Å². The molecule has 1 aliphatic rings. The van der Waals surface area contributed by atoms with E-state index in [0.717, 1.165) is 11.3 Å². The van der Waals surface area contributed by atoms with Gasteiger partial charge in [0.1, 0.15) is 6.04 Å². The van der Waals surface area contributed by atoms with Crippen LogP contribution in [0.5, 0.6) is 0 Å². The molecular formula is C13H21NO5. The van der Waals surface area contributed by atoms with Gasteiger partial charge in [-0.3, -0.25) is 4.79 Å². The lowest BCUT2D eigenvalue weighted by molar-refractivity contribution is -0.150. The number of nitrogens with zero attached hydrogens (tertiary/aromatic N) is 1. The molecule has 0 bridgehead atoms. The van der Waals surface area contributed by atoms with Crippen molar-refractivity contribution in [3.8, 4) is 0 Å². The van der Waals surface area contributed by atoms with Gasteiger partial charge in [-0.15, -0.1) is 0 Å². The van der Waals surface area contributed by atoms with E-state index in [4.69, 9.17) is 0 Å². The number of carboxylic acid groups (broad SMARTS) is 1. The van der Waals surface area contributed by atoms with E-state index in [0.29, 0.717) is 24.8 Å². The zero-order valence-electron chi connectivity index (χ0n) is 11.3. The molecule has 2 atom stereocenters. The molecule has 6 heteroatoms. The fourth-order valence-electron chi connectivity index (χ4n) is 2.47. The number of unbranched alkanes of at least 4 members (excludes halogenated alkanes) is 1. The normalized spacial score (nSPS) is 21.1. The number of carbonyl (C=O) groups is 2. The van der Waals surface area contributed by atoms with E-state index in [-0.39, 0.29) is 6.61 Å². The Kier molecular flexibility index (Phi) is 5.35. The molecule has 0 spiro atoms. The number of hydrogen-bond donors (Lipinski definition) is 3. The number of amides is 1. The van der Waals surface area contributed by atoms with Crippen molar-refractivity contribution in [3.63, 3.8) is 0 Å². The smallest absolute Gasteiger partial charge is 0.326 e. The van der Waals surface area contributed by atoms with Crippen LogP contribution in [0.25, 0.3) is 0 Å². The predicted octanol–water partition coefficient (Wildman–Crippen LogP) is 1.06. The summed E-state index contributed by atoms with van der Waals surface area (Å²) in [6, 6.07) is -1.73. The Morgan fingerprint density at radius 2 is 2.05 bits per heavy atom. The van der Waals surface area contributed by atoms with Gasteiger partial charge in [0.15, 0.2) is 5.76 Å². The van der Waals surface area contributed by atoms with Gasteiger partial charge in [0.05, 0.1) is 12.6 Å². The number of carbonyl (C=O) groups excluding carboxylic acids is 1. The van der Waals surface area contributed by atoms with Crippen LogP contribution in [0, 0.1) is 0 Å². The molecular weight excluding hydrogens is 250 g/mol. The first-order chi connectivity index (χ1) is 8.99. The lowest BCUT2D eigenvalue weighted by atomic mass is 10.0. The highest BCUT2D eigenvalue weighted by atomic mass is 16.4. The second-order valence-electron chi connectivity index (χ2n) is 4.63. The molecule has 0 saturated carbocycles. The summed E-state index contributed by atoms with van der Waals surface area (Å²) in [7, 11) is 0. The van der Waals surface area contributed by atoms with Gasteiger partial charge in [0.2, 0.25) is 0 Å². The molecule has 2 unspecified atom stereocenters. The number of aliphatic hydroxyl groups excluding tert-OH is 2. The van der Waals surface area contributed by atoms with Crippen LogP contribution in [-0.4, -0.2) is 50.8 Å². The van der Waals surface area contributed by atoms with Crippen LogP contribution in [-0.2, 0) is 9.59 Å². The minimum absolute atomic E-state index is 0.318. The molecule has 19 heavy (non-hydrogen) atoms. The molecule has 0 radical (unpaired) electrons. The molecule has 0 aromatic heterocycles. The van der Waals surface area contributed by atoms with Gasteiger partial charge in [-0.1, -0.05) is 26.7 Å². The van der Waals surface area contributed by atoms with Gasteiger partial charge in [0, 0.05) is 5.57 Å². The Balaban J connectivity index is 3.03. The largest absolute Gasteiger partial charge is 0.503 e. The molecule has 6 nitrogen and oxygen atoms in total. The van der Waals surface area contributed by atoms with Gasteiger partial charge in [-0.05, 0) is 12.8 Å². The van der Waals surface area contributed by atoms with Crippen molar-refractivity contribution in [2.24, 2.45) is 0 Å². The Hall–Kier alpha value is -1.56. The van der Waals surface area contributed by atoms with Gasteiger partial charge in [0.25, 0.3) is 5.91 Å². The third-order valence-electron chi connectivity index (χ3n) is 3.49. The van der Waals surface area contributed by atoms with Crippen molar-refractivity contribution in [3.05, 3.63) is 11.3 Å². The maximum absolute atomic E-state index is 12.0. The number of aliphatic carboxylic acids is 1. The fraction of sp³-hybridized carbons (Fsp3) is 0.692. The summed E-state index contributed by atoms with van der Waals surface area (Å²) in [6.45, 7) is 3.31. The number of carboxylic acids is 1. The Morgan fingerprint density at radius 1 is 1.42 bits per heavy atom. The van der Waals surface area contributed by atoms with Crippen LogP contribution in [0.1, 0.15) is 39.5 Å². The Morgan fingerprint density at radius 3 is 2.47 bits per heavy atom. The standard InChI is InChI=1S/C13H21NO5/c1-3-5-6-9(13(18)19)14-10(7-15)8(4-2)11(16)12(14)17/h9-10,15-16H,3-7H2,1-2H3,(H,18,19). The minimum atomic E-state index is -1.11. The third kappa shape index (κ3) is 2.89. The predicted molar refractivity (Wildman–Crippen MR) is 68.6 cm³/mol. The fourth-order valence-corrected chi connectivity index (χ4v) is 2.47. The number of aliphatic hydroxyl groups is 2. The highest BCUT2D eigenvalue weighted by Crippen LogP contribution is 2.30. The van der Waals surface area contributed by atoms with Crippen LogP contribution in [0.15, 0.2) is 11.3 Å². The van der Waals surface area contributed by atoms with Crippen LogP contribution in [0.2, 0.25) is 0 Å². The van der Waals surface area contributed by atoms with Gasteiger partial charge in [-0.2, -0.15) is 0 Å². The van der Waals surface area contributed by atoms with Gasteiger partial charge in [-0.25, -0.2) is 4.79 Å². The molecule has 0 aromatic carbocycles. The van der Waals surface area contributed by atoms with Crippen LogP contribution < -0.4 is 0 Å². The molecule has 108 valence electrons. The summed E-state index contributed by atoms with van der Waals surface area (Å²) >= 11 is 0. The molecule has 1 amide bonds. The van der Waals surface area contributed by atoms with Crippen molar-refractivity contribution in [2.75, 3.05) is 6.61 Å². The molecule has 3 N–H and O–H groups in total. The van der Waals surface area contributed by atoms with Crippen molar-refractivity contribution in [2.45, 2.75) is 51.6 Å². The van der Waals surface area contributed by atoms with Crippen molar-refractivity contribution >= 4 is 11.9 Å². The number of hydrogen-bond acceptors (Lipinski definition) is 4. The van der Waals surface area contributed by atoms with E-state index in [1.54, 1.807) is 6.92 Å². The number of rotatable bonds is 7. The van der Waals surface area contributed by atoms with Crippen molar-refractivity contribution < 1.29 is 24.9 Å². The highest BCUT2D eigenvalue weighted by Gasteiger charge is 2.44. The summed E-state index contributed by atoms with van der Waals surface area (Å²) in [5.41, 5.74) is 0.412. The summed E-state index contributed by atoms with van der Waals surface area (Å²) in [6.07, 6.45) is 2.20.